The van der Waals surface area contributed by atoms with Crippen molar-refractivity contribution in [2.24, 2.45) is 5.73 Å². The van der Waals surface area contributed by atoms with Crippen LogP contribution in [0.25, 0.3) is 0 Å². The summed E-state index contributed by atoms with van der Waals surface area (Å²) >= 11 is 0. The SMILES string of the molecule is CC.C[C@H](N)C1=CCNC=C1.[HH]. The first kappa shape index (κ1) is 10.2. The predicted octanol–water partition coefficient (Wildman–Crippen LogP) is 1.65. The number of nitrogens with one attached hydrogen (secondary N) is 1. The van der Waals surface area contributed by atoms with Crippen molar-refractivity contribution in [2.45, 2.75) is 26.8 Å². The maximum Gasteiger partial charge on any atom is 0.0331 e. The zero-order chi connectivity index (χ0) is 8.69. The van der Waals surface area contributed by atoms with E-state index in [9.17, 15) is 0 Å². The minimum absolute atomic E-state index is 0. The molecule has 0 aliphatic carbocycles. The second kappa shape index (κ2) is 5.98. The molecule has 0 fully saturated rings. The molecule has 1 aliphatic rings. The van der Waals surface area contributed by atoms with Crippen LogP contribution in [0.1, 0.15) is 22.2 Å². The molecule has 0 unspecified atom stereocenters. The maximum atomic E-state index is 5.62. The molecule has 0 spiro atoms. The summed E-state index contributed by atoms with van der Waals surface area (Å²) in [7, 11) is 0. The number of dihydropyridines is 1. The summed E-state index contributed by atoms with van der Waals surface area (Å²) in [4.78, 5) is 0. The molecule has 1 atom stereocenters. The first-order chi connectivity index (χ1) is 5.30. The Kier molecular flexibility index (Phi) is 5.57. The predicted molar refractivity (Wildman–Crippen MR) is 52.3 cm³/mol. The van der Waals surface area contributed by atoms with Crippen molar-refractivity contribution in [3.05, 3.63) is 23.9 Å². The summed E-state index contributed by atoms with van der Waals surface area (Å²) < 4.78 is 0. The second-order valence-corrected chi connectivity index (χ2v) is 2.23. The molecule has 0 aromatic carbocycles. The van der Waals surface area contributed by atoms with Crippen LogP contribution in [0.2, 0.25) is 0 Å². The second-order valence-electron chi connectivity index (χ2n) is 2.23. The fourth-order valence-corrected chi connectivity index (χ4v) is 0.806. The van der Waals surface area contributed by atoms with E-state index >= 15 is 0 Å². The molecule has 66 valence electrons. The standard InChI is InChI=1S/C7H12N2.C2H6.H2/c1-6(8)7-2-4-9-5-3-7;1-2;/h2-4,6,9H,5,8H2,1H3;1-2H3;1H/t6-;;/m0../s1. The first-order valence-electron chi connectivity index (χ1n) is 4.16. The summed E-state index contributed by atoms with van der Waals surface area (Å²) in [5.41, 5.74) is 6.84. The summed E-state index contributed by atoms with van der Waals surface area (Å²) in [5, 5.41) is 3.06. The van der Waals surface area contributed by atoms with Crippen molar-refractivity contribution in [3.63, 3.8) is 0 Å². The monoisotopic (exact) mass is 156 g/mol. The van der Waals surface area contributed by atoms with Crippen molar-refractivity contribution in [3.8, 4) is 0 Å². The number of rotatable bonds is 1. The van der Waals surface area contributed by atoms with E-state index in [4.69, 9.17) is 5.73 Å². The molecule has 0 saturated heterocycles. The molecule has 1 rings (SSSR count). The van der Waals surface area contributed by atoms with Gasteiger partial charge in [0.2, 0.25) is 0 Å². The lowest BCUT2D eigenvalue weighted by molar-refractivity contribution is 0.847. The van der Waals surface area contributed by atoms with Gasteiger partial charge < -0.3 is 11.1 Å². The van der Waals surface area contributed by atoms with E-state index in [1.807, 2.05) is 33.0 Å². The Hall–Kier alpha value is -0.760. The maximum absolute atomic E-state index is 5.62. The average Bonchev–Trinajstić information content (AvgIpc) is 2.10. The van der Waals surface area contributed by atoms with Crippen LogP contribution in [0.4, 0.5) is 0 Å². The lowest BCUT2D eigenvalue weighted by atomic mass is 10.1. The van der Waals surface area contributed by atoms with Crippen LogP contribution in [0.15, 0.2) is 23.9 Å². The number of hydrogen-bond donors (Lipinski definition) is 2. The quantitative estimate of drug-likeness (QED) is 0.606. The molecule has 3 N–H and O–H groups in total. The molecule has 0 aromatic rings. The van der Waals surface area contributed by atoms with Crippen molar-refractivity contribution in [1.29, 1.82) is 0 Å². The highest BCUT2D eigenvalue weighted by atomic mass is 14.8. The number of nitrogens with two attached hydrogens (primary N) is 1. The molecule has 0 saturated carbocycles. The molecule has 0 radical (unpaired) electrons. The van der Waals surface area contributed by atoms with Crippen molar-refractivity contribution < 1.29 is 1.43 Å². The third kappa shape index (κ3) is 3.83. The zero-order valence-electron chi connectivity index (χ0n) is 7.59. The molecule has 1 heterocycles. The Morgan fingerprint density at radius 3 is 2.55 bits per heavy atom. The number of hydrogen-bond acceptors (Lipinski definition) is 2. The van der Waals surface area contributed by atoms with E-state index in [-0.39, 0.29) is 7.47 Å². The van der Waals surface area contributed by atoms with E-state index in [0.717, 1.165) is 6.54 Å². The normalized spacial score (nSPS) is 17.3. The van der Waals surface area contributed by atoms with Gasteiger partial charge in [0.15, 0.2) is 0 Å². The Morgan fingerprint density at radius 2 is 2.27 bits per heavy atom. The summed E-state index contributed by atoms with van der Waals surface area (Å²) in [6.45, 7) is 6.90. The largest absolute Gasteiger partial charge is 0.387 e. The zero-order valence-corrected chi connectivity index (χ0v) is 7.59. The van der Waals surface area contributed by atoms with Crippen molar-refractivity contribution in [1.82, 2.24) is 5.32 Å². The summed E-state index contributed by atoms with van der Waals surface area (Å²) in [6, 6.07) is 0.170. The Bertz CT molecular complexity index is 151. The minimum atomic E-state index is 0. The van der Waals surface area contributed by atoms with Crippen LogP contribution >= 0.6 is 0 Å². The van der Waals surface area contributed by atoms with E-state index < -0.39 is 0 Å². The smallest absolute Gasteiger partial charge is 0.0331 e. The lowest BCUT2D eigenvalue weighted by Crippen LogP contribution is -2.21. The van der Waals surface area contributed by atoms with Gasteiger partial charge in [0.25, 0.3) is 0 Å². The van der Waals surface area contributed by atoms with E-state index in [0.29, 0.717) is 0 Å². The van der Waals surface area contributed by atoms with Gasteiger partial charge in [-0.05, 0) is 24.8 Å². The van der Waals surface area contributed by atoms with Gasteiger partial charge in [-0.3, -0.25) is 0 Å². The van der Waals surface area contributed by atoms with Gasteiger partial charge >= 0.3 is 0 Å². The van der Waals surface area contributed by atoms with Gasteiger partial charge in [0.05, 0.1) is 0 Å². The van der Waals surface area contributed by atoms with Crippen LogP contribution in [0.5, 0.6) is 0 Å². The molecule has 2 nitrogen and oxygen atoms in total. The Balaban J connectivity index is 0. The van der Waals surface area contributed by atoms with Gasteiger partial charge in [-0.15, -0.1) is 0 Å². The summed E-state index contributed by atoms with van der Waals surface area (Å²) in [6.07, 6.45) is 6.04. The fourth-order valence-electron chi connectivity index (χ4n) is 0.806. The van der Waals surface area contributed by atoms with E-state index in [2.05, 4.69) is 11.4 Å². The van der Waals surface area contributed by atoms with Crippen LogP contribution in [0.3, 0.4) is 0 Å². The van der Waals surface area contributed by atoms with E-state index in [1.54, 1.807) is 0 Å². The molecule has 2 heteroatoms. The fraction of sp³-hybridized carbons (Fsp3) is 0.556. The van der Waals surface area contributed by atoms with Gasteiger partial charge in [0, 0.05) is 14.0 Å². The Morgan fingerprint density at radius 1 is 1.64 bits per heavy atom. The molecule has 0 amide bonds. The molecule has 1 aliphatic heterocycles. The summed E-state index contributed by atoms with van der Waals surface area (Å²) in [5.74, 6) is 0. The van der Waals surface area contributed by atoms with Crippen LogP contribution in [0, 0.1) is 0 Å². The van der Waals surface area contributed by atoms with Crippen LogP contribution in [-0.4, -0.2) is 12.6 Å². The molecule has 0 bridgehead atoms. The molecule has 11 heavy (non-hydrogen) atoms. The minimum Gasteiger partial charge on any atom is -0.387 e. The topological polar surface area (TPSA) is 38.0 Å². The molecular formula is C9H20N2. The molecular weight excluding hydrogens is 136 g/mol. The van der Waals surface area contributed by atoms with Crippen LogP contribution < -0.4 is 11.1 Å². The highest BCUT2D eigenvalue weighted by molar-refractivity contribution is 5.26. The van der Waals surface area contributed by atoms with Gasteiger partial charge in [-0.1, -0.05) is 19.9 Å². The van der Waals surface area contributed by atoms with Crippen molar-refractivity contribution in [2.75, 3.05) is 6.54 Å². The third-order valence-electron chi connectivity index (χ3n) is 1.38. The van der Waals surface area contributed by atoms with Crippen molar-refractivity contribution >= 4 is 0 Å². The molecule has 0 aromatic heterocycles. The average molecular weight is 156 g/mol. The highest BCUT2D eigenvalue weighted by Gasteiger charge is 1.99. The first-order valence-corrected chi connectivity index (χ1v) is 4.16. The lowest BCUT2D eigenvalue weighted by Gasteiger charge is -2.10. The van der Waals surface area contributed by atoms with E-state index in [1.165, 1.54) is 5.57 Å². The van der Waals surface area contributed by atoms with Gasteiger partial charge in [-0.25, -0.2) is 0 Å². The third-order valence-corrected chi connectivity index (χ3v) is 1.38. The Labute approximate surface area is 70.7 Å². The van der Waals surface area contributed by atoms with Gasteiger partial charge in [-0.2, -0.15) is 0 Å². The van der Waals surface area contributed by atoms with Gasteiger partial charge in [0.1, 0.15) is 0 Å². The highest BCUT2D eigenvalue weighted by Crippen LogP contribution is 2.02. The van der Waals surface area contributed by atoms with Crippen LogP contribution in [-0.2, 0) is 0 Å².